The van der Waals surface area contributed by atoms with E-state index in [1.54, 1.807) is 30.0 Å². The summed E-state index contributed by atoms with van der Waals surface area (Å²) in [6.45, 7) is 3.44. The summed E-state index contributed by atoms with van der Waals surface area (Å²) in [4.78, 5) is 4.76. The summed E-state index contributed by atoms with van der Waals surface area (Å²) in [5.74, 6) is 1.49. The Kier molecular flexibility index (Phi) is 7.53. The molecule has 3 aromatic heterocycles. The van der Waals surface area contributed by atoms with Crippen LogP contribution in [0.4, 0.5) is 16.0 Å². The SMILES string of the molecule is COc1cccc(-c2cn3nc(CO)cc3c(Nc3cc([C@@H]4OC[C@H](OC(O)NC(C)C)[C@@H]4F)[nH]n3)n2)c1. The minimum Gasteiger partial charge on any atom is -0.497 e. The van der Waals surface area contributed by atoms with Crippen molar-refractivity contribution in [2.45, 2.75) is 51.3 Å². The fourth-order valence-corrected chi connectivity index (χ4v) is 4.24. The number of alkyl halides is 1. The Balaban J connectivity index is 1.38. The van der Waals surface area contributed by atoms with Crippen molar-refractivity contribution >= 4 is 17.2 Å². The highest BCUT2D eigenvalue weighted by molar-refractivity contribution is 5.76. The summed E-state index contributed by atoms with van der Waals surface area (Å²) in [7, 11) is 1.59. The second-order valence-electron chi connectivity index (χ2n) is 9.21. The van der Waals surface area contributed by atoms with Crippen LogP contribution in [-0.2, 0) is 16.1 Å². The molecule has 1 unspecified atom stereocenters. The van der Waals surface area contributed by atoms with Gasteiger partial charge in [-0.15, -0.1) is 0 Å². The third-order valence-electron chi connectivity index (χ3n) is 6.05. The van der Waals surface area contributed by atoms with E-state index in [2.05, 4.69) is 25.9 Å². The number of ether oxygens (including phenoxy) is 3. The van der Waals surface area contributed by atoms with Crippen molar-refractivity contribution in [3.8, 4) is 17.0 Å². The van der Waals surface area contributed by atoms with Crippen molar-refractivity contribution in [1.82, 2.24) is 30.1 Å². The molecule has 12 nitrogen and oxygen atoms in total. The summed E-state index contributed by atoms with van der Waals surface area (Å²) in [6.07, 6.45) is -2.95. The molecule has 38 heavy (non-hydrogen) atoms. The first kappa shape index (κ1) is 26.0. The number of fused-ring (bicyclic) bond motifs is 1. The lowest BCUT2D eigenvalue weighted by atomic mass is 10.1. The van der Waals surface area contributed by atoms with Crippen LogP contribution in [0.3, 0.4) is 0 Å². The van der Waals surface area contributed by atoms with Gasteiger partial charge in [0.15, 0.2) is 17.8 Å². The van der Waals surface area contributed by atoms with Crippen LogP contribution < -0.4 is 15.4 Å². The number of benzene rings is 1. The molecule has 1 aromatic carbocycles. The van der Waals surface area contributed by atoms with Crippen molar-refractivity contribution in [2.24, 2.45) is 0 Å². The molecule has 0 aliphatic carbocycles. The number of methoxy groups -OCH3 is 1. The molecule has 1 saturated heterocycles. The number of aromatic nitrogens is 5. The van der Waals surface area contributed by atoms with Crippen LogP contribution >= 0.6 is 0 Å². The number of halogens is 1. The van der Waals surface area contributed by atoms with Crippen LogP contribution in [0.5, 0.6) is 5.75 Å². The van der Waals surface area contributed by atoms with E-state index in [1.807, 2.05) is 38.1 Å². The summed E-state index contributed by atoms with van der Waals surface area (Å²) < 4.78 is 33.0. The Morgan fingerprint density at radius 3 is 2.89 bits per heavy atom. The first-order chi connectivity index (χ1) is 18.3. The van der Waals surface area contributed by atoms with Gasteiger partial charge in [-0.25, -0.2) is 13.9 Å². The smallest absolute Gasteiger partial charge is 0.214 e. The maximum absolute atomic E-state index is 15.1. The molecule has 0 radical (unpaired) electrons. The molecular formula is C25H30FN7O5. The van der Waals surface area contributed by atoms with Crippen molar-refractivity contribution in [2.75, 3.05) is 19.0 Å². The molecule has 4 atom stereocenters. The van der Waals surface area contributed by atoms with E-state index < -0.39 is 24.8 Å². The Hall–Kier alpha value is -3.62. The zero-order valence-electron chi connectivity index (χ0n) is 21.1. The fourth-order valence-electron chi connectivity index (χ4n) is 4.24. The van der Waals surface area contributed by atoms with Gasteiger partial charge in [0.1, 0.15) is 23.5 Å². The molecule has 4 heterocycles. The highest BCUT2D eigenvalue weighted by Gasteiger charge is 2.41. The van der Waals surface area contributed by atoms with E-state index in [0.29, 0.717) is 40.0 Å². The number of aliphatic hydroxyl groups is 2. The zero-order valence-corrected chi connectivity index (χ0v) is 21.1. The maximum Gasteiger partial charge on any atom is 0.214 e. The molecule has 4 aromatic rings. The van der Waals surface area contributed by atoms with Gasteiger partial charge in [0, 0.05) is 17.7 Å². The third kappa shape index (κ3) is 5.47. The second kappa shape index (κ2) is 11.0. The van der Waals surface area contributed by atoms with Gasteiger partial charge in [-0.3, -0.25) is 10.4 Å². The van der Waals surface area contributed by atoms with Gasteiger partial charge in [-0.05, 0) is 32.0 Å². The molecule has 0 saturated carbocycles. The summed E-state index contributed by atoms with van der Waals surface area (Å²) in [6, 6.07) is 10.8. The van der Waals surface area contributed by atoms with Crippen LogP contribution in [-0.4, -0.2) is 73.5 Å². The van der Waals surface area contributed by atoms with Crippen LogP contribution in [0.25, 0.3) is 16.8 Å². The molecule has 0 amide bonds. The zero-order chi connectivity index (χ0) is 26.8. The van der Waals surface area contributed by atoms with Crippen LogP contribution in [0.1, 0.15) is 31.3 Å². The monoisotopic (exact) mass is 527 g/mol. The molecule has 5 N–H and O–H groups in total. The molecule has 1 fully saturated rings. The Morgan fingerprint density at radius 2 is 2.13 bits per heavy atom. The van der Waals surface area contributed by atoms with E-state index in [4.69, 9.17) is 19.2 Å². The number of rotatable bonds is 10. The van der Waals surface area contributed by atoms with Gasteiger partial charge in [0.05, 0.1) is 43.6 Å². The lowest BCUT2D eigenvalue weighted by molar-refractivity contribution is -0.166. The van der Waals surface area contributed by atoms with Crippen molar-refractivity contribution in [1.29, 1.82) is 0 Å². The molecule has 1 aliphatic heterocycles. The van der Waals surface area contributed by atoms with Crippen molar-refractivity contribution < 1.29 is 28.8 Å². The van der Waals surface area contributed by atoms with Crippen LogP contribution in [0.2, 0.25) is 0 Å². The van der Waals surface area contributed by atoms with Gasteiger partial charge in [0.2, 0.25) is 6.41 Å². The van der Waals surface area contributed by atoms with E-state index in [-0.39, 0.29) is 19.3 Å². The predicted octanol–water partition coefficient (Wildman–Crippen LogP) is 2.43. The topological polar surface area (TPSA) is 151 Å². The minimum absolute atomic E-state index is 0.0189. The van der Waals surface area contributed by atoms with Crippen LogP contribution in [0, 0.1) is 0 Å². The van der Waals surface area contributed by atoms with Gasteiger partial charge in [-0.1, -0.05) is 12.1 Å². The average Bonchev–Trinajstić information content (AvgIpc) is 3.62. The number of hydrogen-bond donors (Lipinski definition) is 5. The van der Waals surface area contributed by atoms with E-state index in [0.717, 1.165) is 5.56 Å². The fraction of sp³-hybridized carbons (Fsp3) is 0.400. The second-order valence-corrected chi connectivity index (χ2v) is 9.21. The first-order valence-corrected chi connectivity index (χ1v) is 12.2. The number of nitrogens with one attached hydrogen (secondary N) is 3. The number of aromatic amines is 1. The molecule has 0 bridgehead atoms. The van der Waals surface area contributed by atoms with Crippen molar-refractivity contribution in [3.63, 3.8) is 0 Å². The lowest BCUT2D eigenvalue weighted by Gasteiger charge is -2.21. The summed E-state index contributed by atoms with van der Waals surface area (Å²) in [5.41, 5.74) is 2.91. The molecule has 13 heteroatoms. The Morgan fingerprint density at radius 1 is 1.29 bits per heavy atom. The molecule has 5 rings (SSSR count). The largest absolute Gasteiger partial charge is 0.497 e. The standard InChI is InChI=1S/C25H30FN7O5/c1-13(2)27-25(35)38-20-12-37-23(22(20)26)17-9-21(31-30-17)29-24-19-8-15(11-34)32-33(19)10-18(28-24)14-5-4-6-16(7-14)36-3/h4-10,13,20,22-23,25,27,34-35H,11-12H2,1-3H3,(H2,28,29,30,31)/t20-,22-,23-,25?/m0/s1. The number of H-pyrrole nitrogens is 1. The van der Waals surface area contributed by atoms with Gasteiger partial charge in [0.25, 0.3) is 0 Å². The summed E-state index contributed by atoms with van der Waals surface area (Å²) in [5, 5.41) is 37.0. The molecular weight excluding hydrogens is 497 g/mol. The van der Waals surface area contributed by atoms with E-state index in [9.17, 15) is 10.2 Å². The van der Waals surface area contributed by atoms with Crippen LogP contribution in [0.15, 0.2) is 42.6 Å². The van der Waals surface area contributed by atoms with E-state index >= 15 is 4.39 Å². The van der Waals surface area contributed by atoms with Gasteiger partial charge in [-0.2, -0.15) is 10.2 Å². The number of aliphatic hydroxyl groups excluding tert-OH is 2. The predicted molar refractivity (Wildman–Crippen MR) is 136 cm³/mol. The molecule has 1 aliphatic rings. The maximum atomic E-state index is 15.1. The Bertz CT molecular complexity index is 1390. The third-order valence-corrected chi connectivity index (χ3v) is 6.05. The first-order valence-electron chi connectivity index (χ1n) is 12.2. The minimum atomic E-state index is -1.52. The van der Waals surface area contributed by atoms with Crippen molar-refractivity contribution in [3.05, 3.63) is 54.0 Å². The molecule has 0 spiro atoms. The highest BCUT2D eigenvalue weighted by Crippen LogP contribution is 2.34. The lowest BCUT2D eigenvalue weighted by Crippen LogP contribution is -2.41. The number of nitrogens with zero attached hydrogens (tertiary/aromatic N) is 4. The van der Waals surface area contributed by atoms with E-state index in [1.165, 1.54) is 0 Å². The normalized spacial score (nSPS) is 20.3. The highest BCUT2D eigenvalue weighted by atomic mass is 19.1. The quantitative estimate of drug-likeness (QED) is 0.195. The number of hydrogen-bond acceptors (Lipinski definition) is 10. The molecule has 202 valence electrons. The summed E-state index contributed by atoms with van der Waals surface area (Å²) >= 11 is 0. The van der Waals surface area contributed by atoms with Gasteiger partial charge >= 0.3 is 0 Å². The van der Waals surface area contributed by atoms with Gasteiger partial charge < -0.3 is 29.7 Å². The Labute approximate surface area is 217 Å². The average molecular weight is 528 g/mol. The number of anilines is 2.